The fraction of sp³-hybridized carbons (Fsp3) is 0.632. The van der Waals surface area contributed by atoms with Crippen molar-refractivity contribution in [3.05, 3.63) is 28.7 Å². The van der Waals surface area contributed by atoms with Crippen LogP contribution in [0.2, 0.25) is 0 Å². The average Bonchev–Trinajstić information content (AvgIpc) is 3.29. The molecule has 3 rings (SSSR count). The molecule has 136 valence electrons. The molecule has 1 atom stereocenters. The van der Waals surface area contributed by atoms with Gasteiger partial charge in [-0.25, -0.2) is 9.50 Å². The molecule has 1 aliphatic carbocycles. The van der Waals surface area contributed by atoms with Gasteiger partial charge in [0.25, 0.3) is 0 Å². The molecular weight excluding hydrogens is 314 g/mol. The minimum atomic E-state index is 0.114. The zero-order valence-corrected chi connectivity index (χ0v) is 16.0. The van der Waals surface area contributed by atoms with Crippen LogP contribution in [0.25, 0.3) is 5.65 Å². The van der Waals surface area contributed by atoms with Crippen molar-refractivity contribution in [1.29, 1.82) is 0 Å². The third-order valence-corrected chi connectivity index (χ3v) is 5.23. The van der Waals surface area contributed by atoms with E-state index in [1.165, 1.54) is 12.8 Å². The lowest BCUT2D eigenvalue weighted by Crippen LogP contribution is -2.41. The summed E-state index contributed by atoms with van der Waals surface area (Å²) in [5, 5.41) is 7.61. The topological polar surface area (TPSA) is 62.5 Å². The number of carbonyl (C=O) groups excluding carboxylic acids is 1. The quantitative estimate of drug-likeness (QED) is 0.836. The van der Waals surface area contributed by atoms with Crippen LogP contribution in [0.15, 0.2) is 6.07 Å². The Morgan fingerprint density at radius 3 is 2.72 bits per heavy atom. The van der Waals surface area contributed by atoms with Crippen molar-refractivity contribution in [3.63, 3.8) is 0 Å². The molecule has 1 amide bonds. The first-order valence-electron chi connectivity index (χ1n) is 9.12. The number of aryl methyl sites for hydroxylation is 3. The molecule has 0 aromatic carbocycles. The summed E-state index contributed by atoms with van der Waals surface area (Å²) in [7, 11) is 4.18. The van der Waals surface area contributed by atoms with E-state index in [0.29, 0.717) is 18.9 Å². The van der Waals surface area contributed by atoms with Crippen LogP contribution >= 0.6 is 0 Å². The fourth-order valence-corrected chi connectivity index (χ4v) is 3.60. The van der Waals surface area contributed by atoms with Crippen LogP contribution in [0.5, 0.6) is 0 Å². The smallest absolute Gasteiger partial charge is 0.220 e. The van der Waals surface area contributed by atoms with Gasteiger partial charge in [-0.1, -0.05) is 0 Å². The summed E-state index contributed by atoms with van der Waals surface area (Å²) in [5.41, 5.74) is 5.02. The van der Waals surface area contributed by atoms with E-state index in [4.69, 9.17) is 0 Å². The van der Waals surface area contributed by atoms with E-state index in [1.54, 1.807) is 0 Å². The maximum absolute atomic E-state index is 12.3. The average molecular weight is 343 g/mol. The monoisotopic (exact) mass is 343 g/mol. The normalized spacial score (nSPS) is 15.8. The number of hydrogen-bond acceptors (Lipinski definition) is 4. The molecule has 0 aliphatic heterocycles. The second-order valence-corrected chi connectivity index (χ2v) is 7.49. The van der Waals surface area contributed by atoms with Crippen molar-refractivity contribution < 1.29 is 4.79 Å². The van der Waals surface area contributed by atoms with Crippen LogP contribution in [0, 0.1) is 26.7 Å². The Kier molecular flexibility index (Phi) is 5.08. The van der Waals surface area contributed by atoms with Crippen molar-refractivity contribution in [1.82, 2.24) is 24.8 Å². The number of fused-ring (bicyclic) bond motifs is 1. The largest absolute Gasteiger partial charge is 0.355 e. The molecule has 0 saturated heterocycles. The Morgan fingerprint density at radius 2 is 2.08 bits per heavy atom. The predicted molar refractivity (Wildman–Crippen MR) is 98.7 cm³/mol. The van der Waals surface area contributed by atoms with E-state index < -0.39 is 0 Å². The zero-order chi connectivity index (χ0) is 18.1. The Labute approximate surface area is 149 Å². The van der Waals surface area contributed by atoms with Crippen molar-refractivity contribution in [2.75, 3.05) is 20.6 Å². The van der Waals surface area contributed by atoms with Crippen LogP contribution < -0.4 is 5.32 Å². The van der Waals surface area contributed by atoms with Crippen LogP contribution in [0.3, 0.4) is 0 Å². The Morgan fingerprint density at radius 1 is 1.36 bits per heavy atom. The minimum Gasteiger partial charge on any atom is -0.355 e. The van der Waals surface area contributed by atoms with Gasteiger partial charge in [0.05, 0.1) is 5.69 Å². The first-order chi connectivity index (χ1) is 11.9. The molecule has 6 nitrogen and oxygen atoms in total. The van der Waals surface area contributed by atoms with E-state index >= 15 is 0 Å². The summed E-state index contributed by atoms with van der Waals surface area (Å²) >= 11 is 0. The number of amides is 1. The van der Waals surface area contributed by atoms with E-state index in [2.05, 4.69) is 41.3 Å². The van der Waals surface area contributed by atoms with Crippen molar-refractivity contribution in [2.45, 2.75) is 52.5 Å². The summed E-state index contributed by atoms with van der Waals surface area (Å²) in [5.74, 6) is 0.859. The predicted octanol–water partition coefficient (Wildman–Crippen LogP) is 2.04. The van der Waals surface area contributed by atoms with Crippen molar-refractivity contribution in [2.24, 2.45) is 5.92 Å². The Balaban J connectivity index is 1.61. The number of carbonyl (C=O) groups is 1. The van der Waals surface area contributed by atoms with Gasteiger partial charge in [0.1, 0.15) is 0 Å². The SMILES string of the molecule is Cc1cc2nc(C)c(CCC(=O)NCC(C3CC3)N(C)C)c(C)n2n1. The van der Waals surface area contributed by atoms with Gasteiger partial charge >= 0.3 is 0 Å². The summed E-state index contributed by atoms with van der Waals surface area (Å²) in [6.45, 7) is 6.77. The molecule has 1 saturated carbocycles. The number of likely N-dealkylation sites (N-methyl/N-ethyl adjacent to an activating group) is 1. The number of rotatable bonds is 7. The fourth-order valence-electron chi connectivity index (χ4n) is 3.60. The summed E-state index contributed by atoms with van der Waals surface area (Å²) in [6, 6.07) is 2.44. The molecule has 2 aromatic rings. The zero-order valence-electron chi connectivity index (χ0n) is 16.0. The molecule has 2 heterocycles. The molecule has 1 N–H and O–H groups in total. The van der Waals surface area contributed by atoms with Gasteiger partial charge in [-0.05, 0) is 65.6 Å². The number of hydrogen-bond donors (Lipinski definition) is 1. The van der Waals surface area contributed by atoms with Gasteiger partial charge in [-0.2, -0.15) is 5.10 Å². The van der Waals surface area contributed by atoms with Crippen molar-refractivity contribution >= 4 is 11.6 Å². The minimum absolute atomic E-state index is 0.114. The van der Waals surface area contributed by atoms with E-state index in [9.17, 15) is 4.79 Å². The van der Waals surface area contributed by atoms with E-state index in [-0.39, 0.29) is 5.91 Å². The molecular formula is C19H29N5O. The standard InChI is InChI=1S/C19H29N5O/c1-12-10-18-21-13(2)16(14(3)24(18)22-12)8-9-19(25)20-11-17(23(4)5)15-6-7-15/h10,15,17H,6-9,11H2,1-5H3,(H,20,25). The molecule has 6 heteroatoms. The van der Waals surface area contributed by atoms with Gasteiger partial charge in [-0.3, -0.25) is 4.79 Å². The lowest BCUT2D eigenvalue weighted by molar-refractivity contribution is -0.121. The summed E-state index contributed by atoms with van der Waals surface area (Å²) in [6.07, 6.45) is 3.75. The number of nitrogens with one attached hydrogen (secondary N) is 1. The molecule has 2 aromatic heterocycles. The van der Waals surface area contributed by atoms with Crippen molar-refractivity contribution in [3.8, 4) is 0 Å². The van der Waals surface area contributed by atoms with Crippen LogP contribution in [-0.2, 0) is 11.2 Å². The van der Waals surface area contributed by atoms with Crippen LogP contribution in [0.4, 0.5) is 0 Å². The highest BCUT2D eigenvalue weighted by molar-refractivity contribution is 5.76. The van der Waals surface area contributed by atoms with Gasteiger partial charge in [-0.15, -0.1) is 0 Å². The van der Waals surface area contributed by atoms with Gasteiger partial charge < -0.3 is 10.2 Å². The molecule has 0 spiro atoms. The highest BCUT2D eigenvalue weighted by Crippen LogP contribution is 2.34. The third-order valence-electron chi connectivity index (χ3n) is 5.23. The second kappa shape index (κ2) is 7.12. The third kappa shape index (κ3) is 4.00. The molecule has 0 bridgehead atoms. The number of nitrogens with zero attached hydrogens (tertiary/aromatic N) is 4. The summed E-state index contributed by atoms with van der Waals surface area (Å²) < 4.78 is 1.88. The highest BCUT2D eigenvalue weighted by atomic mass is 16.1. The van der Waals surface area contributed by atoms with Crippen LogP contribution in [0.1, 0.15) is 41.9 Å². The molecule has 1 fully saturated rings. The van der Waals surface area contributed by atoms with Gasteiger partial charge in [0.15, 0.2) is 5.65 Å². The van der Waals surface area contributed by atoms with E-state index in [0.717, 1.165) is 40.8 Å². The second-order valence-electron chi connectivity index (χ2n) is 7.49. The first kappa shape index (κ1) is 17.9. The molecule has 1 aliphatic rings. The lowest BCUT2D eigenvalue weighted by Gasteiger charge is -2.24. The number of aromatic nitrogens is 3. The molecule has 25 heavy (non-hydrogen) atoms. The Bertz CT molecular complexity index is 774. The first-order valence-corrected chi connectivity index (χ1v) is 9.12. The lowest BCUT2D eigenvalue weighted by atomic mass is 10.1. The highest BCUT2D eigenvalue weighted by Gasteiger charge is 2.32. The molecule has 1 unspecified atom stereocenters. The maximum Gasteiger partial charge on any atom is 0.220 e. The Hall–Kier alpha value is -1.95. The van der Waals surface area contributed by atoms with Crippen LogP contribution in [-0.4, -0.2) is 52.1 Å². The molecule has 0 radical (unpaired) electrons. The van der Waals surface area contributed by atoms with E-state index in [1.807, 2.05) is 24.4 Å². The summed E-state index contributed by atoms with van der Waals surface area (Å²) in [4.78, 5) is 19.2. The van der Waals surface area contributed by atoms with Gasteiger partial charge in [0.2, 0.25) is 5.91 Å². The van der Waals surface area contributed by atoms with Gasteiger partial charge in [0, 0.05) is 36.5 Å². The maximum atomic E-state index is 12.3.